The van der Waals surface area contributed by atoms with Crippen molar-refractivity contribution < 1.29 is 9.53 Å². The maximum Gasteiger partial charge on any atom is 0.218 e. The van der Waals surface area contributed by atoms with Gasteiger partial charge in [0.25, 0.3) is 0 Å². The first-order valence-corrected chi connectivity index (χ1v) is 12.4. The summed E-state index contributed by atoms with van der Waals surface area (Å²) < 4.78 is 5.61. The molecule has 0 radical (unpaired) electrons. The summed E-state index contributed by atoms with van der Waals surface area (Å²) in [7, 11) is 1.66. The molecule has 35 heavy (non-hydrogen) atoms. The number of hydrogen-bond donors (Lipinski definition) is 2. The van der Waals surface area contributed by atoms with Crippen LogP contribution in [0.1, 0.15) is 54.5 Å². The smallest absolute Gasteiger partial charge is 0.218 e. The first kappa shape index (κ1) is 24.7. The van der Waals surface area contributed by atoms with Gasteiger partial charge in [0.1, 0.15) is 0 Å². The minimum atomic E-state index is -0.219. The molecular weight excluding hydrogens is 434 g/mol. The van der Waals surface area contributed by atoms with Crippen LogP contribution in [-0.2, 0) is 11.3 Å². The predicted molar refractivity (Wildman–Crippen MR) is 143 cm³/mol. The number of benzene rings is 2. The van der Waals surface area contributed by atoms with E-state index in [-0.39, 0.29) is 5.91 Å². The molecule has 1 heterocycles. The Labute approximate surface area is 208 Å². The van der Waals surface area contributed by atoms with Gasteiger partial charge in [-0.25, -0.2) is 4.98 Å². The molecule has 3 N–H and O–H groups in total. The molecule has 0 spiro atoms. The third-order valence-electron chi connectivity index (χ3n) is 6.98. The van der Waals surface area contributed by atoms with Gasteiger partial charge in [-0.1, -0.05) is 73.5 Å². The molecule has 1 amide bonds. The second-order valence-electron chi connectivity index (χ2n) is 9.33. The van der Waals surface area contributed by atoms with Crippen molar-refractivity contribution in [1.82, 2.24) is 10.3 Å². The van der Waals surface area contributed by atoms with Crippen LogP contribution in [0, 0.1) is 12.8 Å². The fourth-order valence-electron chi connectivity index (χ4n) is 5.05. The highest BCUT2D eigenvalue weighted by atomic mass is 16.5. The maximum absolute atomic E-state index is 11.5. The number of hydrogen-bond acceptors (Lipinski definition) is 4. The van der Waals surface area contributed by atoms with Gasteiger partial charge in [-0.15, -0.1) is 0 Å². The molecule has 2 atom stereocenters. The van der Waals surface area contributed by atoms with Crippen molar-refractivity contribution in [3.8, 4) is 17.0 Å². The summed E-state index contributed by atoms with van der Waals surface area (Å²) in [5.41, 5.74) is 12.2. The number of amides is 1. The average molecular weight is 470 g/mol. The van der Waals surface area contributed by atoms with Gasteiger partial charge < -0.3 is 15.8 Å². The Morgan fingerprint density at radius 1 is 1.06 bits per heavy atom. The Kier molecular flexibility index (Phi) is 8.32. The number of primary amides is 1. The molecular formula is C30H35N3O2. The van der Waals surface area contributed by atoms with Crippen LogP contribution in [0.15, 0.2) is 60.7 Å². The van der Waals surface area contributed by atoms with Gasteiger partial charge in [0.15, 0.2) is 0 Å². The first-order valence-electron chi connectivity index (χ1n) is 12.4. The SMILES string of the molecule is COc1nc(C=Cc2cccc(-c3ccccc3)c2C)ccc1CNC1CCCCC1CC(N)=O. The summed E-state index contributed by atoms with van der Waals surface area (Å²) in [5, 5.41) is 3.63. The fraction of sp³-hybridized carbons (Fsp3) is 0.333. The number of ether oxygens (including phenoxy) is 1. The van der Waals surface area contributed by atoms with Crippen molar-refractivity contribution in [2.45, 2.75) is 51.6 Å². The van der Waals surface area contributed by atoms with Crippen molar-refractivity contribution in [2.75, 3.05) is 7.11 Å². The average Bonchev–Trinajstić information content (AvgIpc) is 2.88. The zero-order chi connectivity index (χ0) is 24.6. The molecule has 5 nitrogen and oxygen atoms in total. The van der Waals surface area contributed by atoms with Gasteiger partial charge in [-0.3, -0.25) is 4.79 Å². The van der Waals surface area contributed by atoms with E-state index < -0.39 is 0 Å². The number of carbonyl (C=O) groups excluding carboxylic acids is 1. The van der Waals surface area contributed by atoms with E-state index in [0.717, 1.165) is 36.1 Å². The van der Waals surface area contributed by atoms with E-state index in [0.29, 0.717) is 30.8 Å². The molecule has 2 aromatic carbocycles. The molecule has 182 valence electrons. The fourth-order valence-corrected chi connectivity index (χ4v) is 5.05. The third-order valence-corrected chi connectivity index (χ3v) is 6.98. The number of nitrogens with one attached hydrogen (secondary N) is 1. The van der Waals surface area contributed by atoms with Crippen LogP contribution in [0.4, 0.5) is 0 Å². The lowest BCUT2D eigenvalue weighted by Crippen LogP contribution is -2.40. The van der Waals surface area contributed by atoms with E-state index in [4.69, 9.17) is 15.5 Å². The highest BCUT2D eigenvalue weighted by Gasteiger charge is 2.26. The lowest BCUT2D eigenvalue weighted by Gasteiger charge is -2.31. The molecule has 3 aromatic rings. The predicted octanol–water partition coefficient (Wildman–Crippen LogP) is 5.76. The summed E-state index contributed by atoms with van der Waals surface area (Å²) in [4.78, 5) is 16.2. The Morgan fingerprint density at radius 3 is 2.63 bits per heavy atom. The van der Waals surface area contributed by atoms with Crippen molar-refractivity contribution >= 4 is 18.1 Å². The van der Waals surface area contributed by atoms with Crippen LogP contribution >= 0.6 is 0 Å². The van der Waals surface area contributed by atoms with E-state index in [1.54, 1.807) is 7.11 Å². The highest BCUT2D eigenvalue weighted by Crippen LogP contribution is 2.29. The van der Waals surface area contributed by atoms with Crippen molar-refractivity contribution in [1.29, 1.82) is 0 Å². The van der Waals surface area contributed by atoms with Gasteiger partial charge in [0.05, 0.1) is 12.8 Å². The molecule has 1 fully saturated rings. The van der Waals surface area contributed by atoms with E-state index in [2.05, 4.69) is 66.8 Å². The lowest BCUT2D eigenvalue weighted by atomic mass is 9.82. The Balaban J connectivity index is 1.46. The second kappa shape index (κ2) is 11.8. The minimum absolute atomic E-state index is 0.219. The standard InChI is InChI=1S/C30H35N3O2/c1-21-22(12-8-13-27(21)23-9-4-3-5-10-23)15-17-26-18-16-25(30(33-26)35-2)20-32-28-14-7-6-11-24(28)19-29(31)34/h3-5,8-10,12-13,15-18,24,28,32H,6-7,11,14,19-20H2,1-2H3,(H2,31,34). The zero-order valence-corrected chi connectivity index (χ0v) is 20.7. The van der Waals surface area contributed by atoms with Crippen LogP contribution in [0.2, 0.25) is 0 Å². The zero-order valence-electron chi connectivity index (χ0n) is 20.7. The number of pyridine rings is 1. The quantitative estimate of drug-likeness (QED) is 0.418. The molecule has 1 saturated carbocycles. The molecule has 2 unspecified atom stereocenters. The van der Waals surface area contributed by atoms with Gasteiger partial charge in [0, 0.05) is 24.6 Å². The number of methoxy groups -OCH3 is 1. The van der Waals surface area contributed by atoms with E-state index >= 15 is 0 Å². The van der Waals surface area contributed by atoms with Crippen LogP contribution < -0.4 is 15.8 Å². The molecule has 1 aromatic heterocycles. The Hall–Kier alpha value is -3.44. The summed E-state index contributed by atoms with van der Waals surface area (Å²) in [6.45, 7) is 2.81. The summed E-state index contributed by atoms with van der Waals surface area (Å²) in [6.07, 6.45) is 9.04. The number of nitrogens with two attached hydrogens (primary N) is 1. The Morgan fingerprint density at radius 2 is 1.86 bits per heavy atom. The van der Waals surface area contributed by atoms with Gasteiger partial charge in [-0.2, -0.15) is 0 Å². The number of nitrogens with zero attached hydrogens (tertiary/aromatic N) is 1. The molecule has 0 bridgehead atoms. The monoisotopic (exact) mass is 469 g/mol. The second-order valence-corrected chi connectivity index (χ2v) is 9.33. The molecule has 0 aliphatic heterocycles. The van der Waals surface area contributed by atoms with Crippen molar-refractivity contribution in [2.24, 2.45) is 11.7 Å². The summed E-state index contributed by atoms with van der Waals surface area (Å²) in [6, 6.07) is 21.2. The number of rotatable bonds is 9. The third kappa shape index (κ3) is 6.37. The topological polar surface area (TPSA) is 77.2 Å². The molecule has 4 rings (SSSR count). The Bertz CT molecular complexity index is 1170. The van der Waals surface area contributed by atoms with Gasteiger partial charge in [0.2, 0.25) is 11.8 Å². The number of aromatic nitrogens is 1. The largest absolute Gasteiger partial charge is 0.481 e. The van der Waals surface area contributed by atoms with E-state index in [1.165, 1.54) is 23.1 Å². The van der Waals surface area contributed by atoms with E-state index in [9.17, 15) is 4.79 Å². The van der Waals surface area contributed by atoms with Gasteiger partial charge in [-0.05, 0) is 60.1 Å². The van der Waals surface area contributed by atoms with Crippen LogP contribution in [0.25, 0.3) is 23.3 Å². The molecule has 1 aliphatic rings. The minimum Gasteiger partial charge on any atom is -0.481 e. The van der Waals surface area contributed by atoms with E-state index in [1.807, 2.05) is 18.2 Å². The highest BCUT2D eigenvalue weighted by molar-refractivity contribution is 5.77. The molecule has 1 aliphatic carbocycles. The van der Waals surface area contributed by atoms with Crippen LogP contribution in [0.3, 0.4) is 0 Å². The molecule has 5 heteroatoms. The van der Waals surface area contributed by atoms with Crippen LogP contribution in [0.5, 0.6) is 5.88 Å². The normalized spacial score (nSPS) is 18.0. The maximum atomic E-state index is 11.5. The lowest BCUT2D eigenvalue weighted by molar-refractivity contribution is -0.119. The summed E-state index contributed by atoms with van der Waals surface area (Å²) in [5.74, 6) is 0.706. The van der Waals surface area contributed by atoms with Crippen LogP contribution in [-0.4, -0.2) is 24.0 Å². The van der Waals surface area contributed by atoms with Gasteiger partial charge >= 0.3 is 0 Å². The molecule has 0 saturated heterocycles. The van der Waals surface area contributed by atoms with Crippen molar-refractivity contribution in [3.05, 3.63) is 83.0 Å². The summed E-state index contributed by atoms with van der Waals surface area (Å²) >= 11 is 0. The first-order chi connectivity index (χ1) is 17.0. The number of carbonyl (C=O) groups is 1. The van der Waals surface area contributed by atoms with Crippen molar-refractivity contribution in [3.63, 3.8) is 0 Å².